The van der Waals surface area contributed by atoms with Crippen LogP contribution in [0.2, 0.25) is 0 Å². The summed E-state index contributed by atoms with van der Waals surface area (Å²) in [6.45, 7) is 4.85. The molecule has 1 N–H and O–H groups in total. The van der Waals surface area contributed by atoms with Crippen molar-refractivity contribution in [1.29, 1.82) is 0 Å². The maximum Gasteiger partial charge on any atom is 0.328 e. The highest BCUT2D eigenvalue weighted by Gasteiger charge is 2.18. The van der Waals surface area contributed by atoms with Crippen LogP contribution in [0.25, 0.3) is 10.9 Å². The topological polar surface area (TPSA) is 82.6 Å². The third-order valence-corrected chi connectivity index (χ3v) is 4.23. The standard InChI is InChI=1S/C17H24N2O5/c1-10(2)11(9-22-3)8-19-16(20)12-6-14(23-4)15(24-5)7-13(12)18-17(19)21/h6-7,10-11H,8-9H2,1-5H3,(H,18,21). The van der Waals surface area contributed by atoms with E-state index in [2.05, 4.69) is 4.98 Å². The number of aromatic nitrogens is 2. The average molecular weight is 336 g/mol. The predicted octanol–water partition coefficient (Wildman–Crippen LogP) is 1.63. The third-order valence-electron chi connectivity index (χ3n) is 4.23. The van der Waals surface area contributed by atoms with Crippen LogP contribution in [0.1, 0.15) is 13.8 Å². The lowest BCUT2D eigenvalue weighted by Crippen LogP contribution is -2.39. The molecule has 0 radical (unpaired) electrons. The first kappa shape index (κ1) is 18.1. The fourth-order valence-electron chi connectivity index (χ4n) is 2.65. The molecule has 1 heterocycles. The number of aromatic amines is 1. The Bertz CT molecular complexity index is 822. The number of methoxy groups -OCH3 is 3. The smallest absolute Gasteiger partial charge is 0.328 e. The molecular formula is C17H24N2O5. The van der Waals surface area contributed by atoms with E-state index in [1.54, 1.807) is 19.2 Å². The molecule has 0 spiro atoms. The first-order valence-corrected chi connectivity index (χ1v) is 7.80. The third kappa shape index (κ3) is 3.46. The van der Waals surface area contributed by atoms with Gasteiger partial charge in [-0.2, -0.15) is 0 Å². The van der Waals surface area contributed by atoms with Gasteiger partial charge in [0.05, 0.1) is 31.7 Å². The number of nitrogens with zero attached hydrogens (tertiary/aromatic N) is 1. The Balaban J connectivity index is 2.60. The summed E-state index contributed by atoms with van der Waals surface area (Å²) >= 11 is 0. The Labute approximate surface area is 140 Å². The number of ether oxygens (including phenoxy) is 3. The van der Waals surface area contributed by atoms with Crippen LogP contribution >= 0.6 is 0 Å². The monoisotopic (exact) mass is 336 g/mol. The van der Waals surface area contributed by atoms with Gasteiger partial charge in [0, 0.05) is 25.6 Å². The molecule has 7 nitrogen and oxygen atoms in total. The van der Waals surface area contributed by atoms with Crippen LogP contribution in [0.5, 0.6) is 11.5 Å². The molecule has 0 amide bonds. The molecule has 7 heteroatoms. The Kier molecular flexibility index (Phi) is 5.66. The van der Waals surface area contributed by atoms with Crippen LogP contribution in [-0.4, -0.2) is 37.5 Å². The van der Waals surface area contributed by atoms with Crippen molar-refractivity contribution in [2.75, 3.05) is 27.9 Å². The molecule has 24 heavy (non-hydrogen) atoms. The molecule has 132 valence electrons. The normalized spacial score (nSPS) is 12.6. The number of hydrogen-bond acceptors (Lipinski definition) is 5. The zero-order valence-electron chi connectivity index (χ0n) is 14.7. The van der Waals surface area contributed by atoms with Gasteiger partial charge in [0.1, 0.15) is 0 Å². The van der Waals surface area contributed by atoms with Crippen molar-refractivity contribution in [2.45, 2.75) is 20.4 Å². The van der Waals surface area contributed by atoms with Crippen molar-refractivity contribution in [1.82, 2.24) is 9.55 Å². The van der Waals surface area contributed by atoms with E-state index >= 15 is 0 Å². The van der Waals surface area contributed by atoms with E-state index in [9.17, 15) is 9.59 Å². The number of hydrogen-bond donors (Lipinski definition) is 1. The molecule has 0 aliphatic rings. The lowest BCUT2D eigenvalue weighted by molar-refractivity contribution is 0.117. The van der Waals surface area contributed by atoms with E-state index < -0.39 is 5.69 Å². The molecule has 0 aliphatic carbocycles. The number of rotatable bonds is 7. The van der Waals surface area contributed by atoms with E-state index in [0.29, 0.717) is 35.6 Å². The summed E-state index contributed by atoms with van der Waals surface area (Å²) in [5, 5.41) is 0.382. The minimum absolute atomic E-state index is 0.0615. The second-order valence-corrected chi connectivity index (χ2v) is 6.06. The van der Waals surface area contributed by atoms with Crippen LogP contribution < -0.4 is 20.7 Å². The van der Waals surface area contributed by atoms with Crippen molar-refractivity contribution < 1.29 is 14.2 Å². The molecule has 1 atom stereocenters. The van der Waals surface area contributed by atoms with Crippen molar-refractivity contribution in [3.8, 4) is 11.5 Å². The van der Waals surface area contributed by atoms with Crippen molar-refractivity contribution in [2.24, 2.45) is 11.8 Å². The summed E-state index contributed by atoms with van der Waals surface area (Å²) < 4.78 is 16.9. The first-order valence-electron chi connectivity index (χ1n) is 7.80. The second kappa shape index (κ2) is 7.53. The molecule has 0 bridgehead atoms. The summed E-state index contributed by atoms with van der Waals surface area (Å²) in [6.07, 6.45) is 0. The Hall–Kier alpha value is -2.28. The van der Waals surface area contributed by atoms with Gasteiger partial charge >= 0.3 is 5.69 Å². The van der Waals surface area contributed by atoms with E-state index in [1.165, 1.54) is 18.8 Å². The fraction of sp³-hybridized carbons (Fsp3) is 0.529. The molecule has 1 aromatic carbocycles. The van der Waals surface area contributed by atoms with Gasteiger partial charge in [-0.15, -0.1) is 0 Å². The van der Waals surface area contributed by atoms with Gasteiger partial charge in [-0.05, 0) is 12.0 Å². The zero-order chi connectivity index (χ0) is 17.9. The summed E-state index contributed by atoms with van der Waals surface area (Å²) in [5.74, 6) is 1.24. The molecule has 0 saturated heterocycles. The molecular weight excluding hydrogens is 312 g/mol. The summed E-state index contributed by atoms with van der Waals surface area (Å²) in [5.41, 5.74) is -0.371. The first-order chi connectivity index (χ1) is 11.4. The summed E-state index contributed by atoms with van der Waals surface area (Å²) in [7, 11) is 4.61. The van der Waals surface area contributed by atoms with Gasteiger partial charge in [-0.25, -0.2) is 4.79 Å². The summed E-state index contributed by atoms with van der Waals surface area (Å²) in [6, 6.07) is 3.18. The average Bonchev–Trinajstić information content (AvgIpc) is 2.56. The van der Waals surface area contributed by atoms with Gasteiger partial charge in [0.15, 0.2) is 11.5 Å². The molecule has 2 rings (SSSR count). The molecule has 0 aliphatic heterocycles. The maximum atomic E-state index is 12.8. The molecule has 0 saturated carbocycles. The highest BCUT2D eigenvalue weighted by atomic mass is 16.5. The Morgan fingerprint density at radius 2 is 1.71 bits per heavy atom. The van der Waals surface area contributed by atoms with Crippen molar-refractivity contribution in [3.05, 3.63) is 33.0 Å². The molecule has 1 unspecified atom stereocenters. The number of nitrogens with one attached hydrogen (secondary N) is 1. The summed E-state index contributed by atoms with van der Waals surface area (Å²) in [4.78, 5) is 27.9. The zero-order valence-corrected chi connectivity index (χ0v) is 14.7. The van der Waals surface area contributed by atoms with Gasteiger partial charge in [-0.3, -0.25) is 9.36 Å². The molecule has 2 aromatic rings. The van der Waals surface area contributed by atoms with Crippen LogP contribution in [0.4, 0.5) is 0 Å². The van der Waals surface area contributed by atoms with Gasteiger partial charge < -0.3 is 19.2 Å². The largest absolute Gasteiger partial charge is 0.493 e. The maximum absolute atomic E-state index is 12.8. The number of fused-ring (bicyclic) bond motifs is 1. The van der Waals surface area contributed by atoms with Gasteiger partial charge in [0.2, 0.25) is 0 Å². The lowest BCUT2D eigenvalue weighted by Gasteiger charge is -2.20. The molecule has 1 aromatic heterocycles. The second-order valence-electron chi connectivity index (χ2n) is 6.06. The van der Waals surface area contributed by atoms with Crippen LogP contribution in [0.15, 0.2) is 21.7 Å². The predicted molar refractivity (Wildman–Crippen MR) is 92.1 cm³/mol. The quantitative estimate of drug-likeness (QED) is 0.831. The van der Waals surface area contributed by atoms with Crippen molar-refractivity contribution >= 4 is 10.9 Å². The molecule has 0 fully saturated rings. The highest BCUT2D eigenvalue weighted by molar-refractivity contribution is 5.81. The van der Waals surface area contributed by atoms with E-state index in [0.717, 1.165) is 0 Å². The van der Waals surface area contributed by atoms with Crippen molar-refractivity contribution in [3.63, 3.8) is 0 Å². The minimum Gasteiger partial charge on any atom is -0.493 e. The minimum atomic E-state index is -0.443. The van der Waals surface area contributed by atoms with E-state index in [-0.39, 0.29) is 17.4 Å². The van der Waals surface area contributed by atoms with Crippen LogP contribution in [0.3, 0.4) is 0 Å². The SMILES string of the molecule is COCC(Cn1c(=O)[nH]c2cc(OC)c(OC)cc2c1=O)C(C)C. The Morgan fingerprint density at radius 1 is 1.08 bits per heavy atom. The lowest BCUT2D eigenvalue weighted by atomic mass is 9.96. The van der Waals surface area contributed by atoms with Gasteiger partial charge in [-0.1, -0.05) is 13.8 Å². The number of H-pyrrole nitrogens is 1. The van der Waals surface area contributed by atoms with Crippen LogP contribution in [0, 0.1) is 11.8 Å². The van der Waals surface area contributed by atoms with Gasteiger partial charge in [0.25, 0.3) is 5.56 Å². The van der Waals surface area contributed by atoms with E-state index in [4.69, 9.17) is 14.2 Å². The fourth-order valence-corrected chi connectivity index (χ4v) is 2.65. The van der Waals surface area contributed by atoms with Crippen LogP contribution in [-0.2, 0) is 11.3 Å². The highest BCUT2D eigenvalue weighted by Crippen LogP contribution is 2.29. The Morgan fingerprint density at radius 3 is 2.25 bits per heavy atom. The van der Waals surface area contributed by atoms with E-state index in [1.807, 2.05) is 13.8 Å². The number of benzene rings is 1.